The normalized spacial score (nSPS) is 12.9. The first-order valence-corrected chi connectivity index (χ1v) is 5.97. The van der Waals surface area contributed by atoms with Crippen LogP contribution in [0.5, 0.6) is 0 Å². The number of nitrogens with zero attached hydrogens (tertiary/aromatic N) is 2. The molecule has 0 saturated carbocycles. The van der Waals surface area contributed by atoms with Crippen LogP contribution in [0.3, 0.4) is 0 Å². The molecule has 1 aromatic heterocycles. The molecule has 0 aliphatic heterocycles. The van der Waals surface area contributed by atoms with Crippen molar-refractivity contribution in [3.8, 4) is 0 Å². The molecule has 73 valence electrons. The second kappa shape index (κ2) is 5.97. The van der Waals surface area contributed by atoms with Crippen LogP contribution in [-0.4, -0.2) is 34.5 Å². The van der Waals surface area contributed by atoms with Gasteiger partial charge in [0, 0.05) is 0 Å². The molecule has 0 aromatic carbocycles. The Morgan fingerprint density at radius 2 is 2.64 bits per heavy atom. The maximum atomic E-state index is 5.93. The van der Waals surface area contributed by atoms with Crippen LogP contribution < -0.4 is 0 Å². The van der Waals surface area contributed by atoms with Gasteiger partial charge in [-0.05, 0) is 0 Å². The number of hydrogen-bond acceptors (Lipinski definition) is 2. The summed E-state index contributed by atoms with van der Waals surface area (Å²) in [5, 5.41) is 0. The quantitative estimate of drug-likeness (QED) is 0.473. The van der Waals surface area contributed by atoms with Crippen LogP contribution in [0.2, 0.25) is 0 Å². The molecule has 0 bridgehead atoms. The first-order chi connectivity index (χ1) is 6.79. The molecular formula is C10H12BiN3-. The van der Waals surface area contributed by atoms with Gasteiger partial charge in [0.1, 0.15) is 0 Å². The Balaban J connectivity index is 2.77. The molecule has 0 amide bonds. The van der Waals surface area contributed by atoms with Crippen molar-refractivity contribution in [3.05, 3.63) is 42.6 Å². The summed E-state index contributed by atoms with van der Waals surface area (Å²) in [5.41, 5.74) is 0.803. The van der Waals surface area contributed by atoms with Crippen LogP contribution in [0.15, 0.2) is 33.1 Å². The van der Waals surface area contributed by atoms with Crippen LogP contribution >= 0.6 is 0 Å². The summed E-state index contributed by atoms with van der Waals surface area (Å²) in [5.74, 6) is 1.09. The molecule has 0 aliphatic carbocycles. The average Bonchev–Trinajstić information content (AvgIpc) is 2.69. The SMILES string of the molecule is [CH-]=C(C=C[N]=[Bi])C(CC)c1ncc[nH]1. The number of hydrogen-bond donors (Lipinski definition) is 1. The third kappa shape index (κ3) is 2.95. The number of aromatic nitrogens is 2. The van der Waals surface area contributed by atoms with Crippen molar-refractivity contribution < 1.29 is 0 Å². The van der Waals surface area contributed by atoms with E-state index in [0.29, 0.717) is 0 Å². The van der Waals surface area contributed by atoms with Gasteiger partial charge in [0.15, 0.2) is 0 Å². The predicted octanol–water partition coefficient (Wildman–Crippen LogP) is 2.13. The van der Waals surface area contributed by atoms with Gasteiger partial charge in [-0.1, -0.05) is 0 Å². The Bertz CT molecular complexity index is 327. The maximum absolute atomic E-state index is 5.93. The summed E-state index contributed by atoms with van der Waals surface area (Å²) in [6.45, 7) is 8.02. The Kier molecular flexibility index (Phi) is 4.88. The number of H-pyrrole nitrogens is 1. The van der Waals surface area contributed by atoms with Crippen LogP contribution in [0.25, 0.3) is 0 Å². The fourth-order valence-electron chi connectivity index (χ4n) is 1.29. The second-order valence-electron chi connectivity index (χ2n) is 2.87. The van der Waals surface area contributed by atoms with Gasteiger partial charge in [-0.15, -0.1) is 0 Å². The molecule has 1 N–H and O–H groups in total. The second-order valence-corrected chi connectivity index (χ2v) is 3.76. The molecule has 1 unspecified atom stereocenters. The molecule has 1 rings (SSSR count). The molecule has 14 heavy (non-hydrogen) atoms. The van der Waals surface area contributed by atoms with Gasteiger partial charge in [0.05, 0.1) is 0 Å². The molecular weight excluding hydrogens is 371 g/mol. The summed E-state index contributed by atoms with van der Waals surface area (Å²) in [4.78, 5) is 7.28. The summed E-state index contributed by atoms with van der Waals surface area (Å²) >= 11 is 0.995. The predicted molar refractivity (Wildman–Crippen MR) is 56.8 cm³/mol. The van der Waals surface area contributed by atoms with Crippen molar-refractivity contribution in [2.24, 2.45) is 2.87 Å². The van der Waals surface area contributed by atoms with E-state index in [-0.39, 0.29) is 5.92 Å². The van der Waals surface area contributed by atoms with E-state index in [0.717, 1.165) is 42.4 Å². The van der Waals surface area contributed by atoms with Gasteiger partial charge < -0.3 is 0 Å². The van der Waals surface area contributed by atoms with E-state index in [4.69, 9.17) is 6.58 Å². The van der Waals surface area contributed by atoms with E-state index in [1.165, 1.54) is 0 Å². The number of aromatic amines is 1. The van der Waals surface area contributed by atoms with Gasteiger partial charge in [0.25, 0.3) is 0 Å². The van der Waals surface area contributed by atoms with Crippen molar-refractivity contribution in [1.82, 2.24) is 9.97 Å². The minimum atomic E-state index is 0.168. The zero-order valence-corrected chi connectivity index (χ0v) is 11.5. The minimum absolute atomic E-state index is 0.168. The van der Waals surface area contributed by atoms with E-state index in [1.54, 1.807) is 12.4 Å². The van der Waals surface area contributed by atoms with Crippen LogP contribution in [-0.2, 0) is 0 Å². The van der Waals surface area contributed by atoms with E-state index in [9.17, 15) is 0 Å². The van der Waals surface area contributed by atoms with Crippen molar-refractivity contribution >= 4 is 24.6 Å². The molecule has 1 aromatic rings. The van der Waals surface area contributed by atoms with Crippen LogP contribution in [0, 0.1) is 6.58 Å². The molecule has 0 saturated heterocycles. The van der Waals surface area contributed by atoms with Gasteiger partial charge in [0.2, 0.25) is 0 Å². The van der Waals surface area contributed by atoms with Crippen LogP contribution in [0.1, 0.15) is 25.1 Å². The fourth-order valence-corrected chi connectivity index (χ4v) is 1.55. The molecule has 1 radical (unpaired) electrons. The van der Waals surface area contributed by atoms with E-state index >= 15 is 0 Å². The van der Waals surface area contributed by atoms with E-state index in [1.807, 2.05) is 12.3 Å². The third-order valence-corrected chi connectivity index (χ3v) is 2.51. The Morgan fingerprint density at radius 3 is 3.14 bits per heavy atom. The number of nitrogens with one attached hydrogen (secondary N) is 1. The Hall–Kier alpha value is -0.627. The molecule has 4 heteroatoms. The zero-order valence-electron chi connectivity index (χ0n) is 8.01. The first-order valence-electron chi connectivity index (χ1n) is 4.42. The molecule has 1 heterocycles. The monoisotopic (exact) mass is 383 g/mol. The molecule has 0 aliphatic rings. The molecule has 1 atom stereocenters. The molecule has 0 spiro atoms. The van der Waals surface area contributed by atoms with Crippen molar-refractivity contribution in [2.75, 3.05) is 0 Å². The Labute approximate surface area is 99.1 Å². The summed E-state index contributed by atoms with van der Waals surface area (Å²) in [7, 11) is 0. The summed E-state index contributed by atoms with van der Waals surface area (Å²) in [6.07, 6.45) is 8.07. The fraction of sp³-hybridized carbons (Fsp3) is 0.300. The van der Waals surface area contributed by atoms with Gasteiger partial charge in [-0.2, -0.15) is 0 Å². The first kappa shape index (κ1) is 11.4. The van der Waals surface area contributed by atoms with Gasteiger partial charge in [-0.3, -0.25) is 0 Å². The van der Waals surface area contributed by atoms with Gasteiger partial charge in [-0.25, -0.2) is 0 Å². The molecule has 3 nitrogen and oxygen atoms in total. The van der Waals surface area contributed by atoms with Crippen molar-refractivity contribution in [3.63, 3.8) is 0 Å². The Morgan fingerprint density at radius 1 is 1.86 bits per heavy atom. The average molecular weight is 383 g/mol. The molecule has 0 fully saturated rings. The topological polar surface area (TPSA) is 41.0 Å². The van der Waals surface area contributed by atoms with E-state index in [2.05, 4.69) is 19.8 Å². The van der Waals surface area contributed by atoms with Crippen LogP contribution in [0.4, 0.5) is 0 Å². The standard InChI is InChI=1S/C10H12N3.Bi/c1-3-9(8(2)4-5-11)10-12-6-7-13-10;/h2,4-7,9H,3H2,1H3,(H,12,13);/q-1;. The number of rotatable bonds is 5. The van der Waals surface area contributed by atoms with Crippen molar-refractivity contribution in [1.29, 1.82) is 0 Å². The summed E-state index contributed by atoms with van der Waals surface area (Å²) in [6, 6.07) is 0. The van der Waals surface area contributed by atoms with Crippen molar-refractivity contribution in [2.45, 2.75) is 19.3 Å². The van der Waals surface area contributed by atoms with Gasteiger partial charge >= 0.3 is 99.3 Å². The number of imidazole rings is 1. The van der Waals surface area contributed by atoms with E-state index < -0.39 is 0 Å². The third-order valence-electron chi connectivity index (χ3n) is 1.99. The zero-order chi connectivity index (χ0) is 10.4. The summed E-state index contributed by atoms with van der Waals surface area (Å²) < 4.78 is 3.97. The number of allylic oxidation sites excluding steroid dienone is 2.